The predicted octanol–water partition coefficient (Wildman–Crippen LogP) is 6.07. The Balaban J connectivity index is 2.47. The van der Waals surface area contributed by atoms with Gasteiger partial charge in [-0.15, -0.1) is 0 Å². The lowest BCUT2D eigenvalue weighted by atomic mass is 9.97. The minimum Gasteiger partial charge on any atom is -0.366 e. The highest BCUT2D eigenvalue weighted by Crippen LogP contribution is 2.37. The molecule has 9 heteroatoms. The summed E-state index contributed by atoms with van der Waals surface area (Å²) in [4.78, 5) is 5.27. The molecule has 0 aliphatic rings. The van der Waals surface area contributed by atoms with E-state index in [-0.39, 0.29) is 5.56 Å². The average Bonchev–Trinajstić information content (AvgIpc) is 2.59. The van der Waals surface area contributed by atoms with E-state index in [1.54, 1.807) is 18.9 Å². The summed E-state index contributed by atoms with van der Waals surface area (Å²) in [5.74, 6) is -0.990. The molecule has 0 amide bonds. The fourth-order valence-corrected chi connectivity index (χ4v) is 2.43. The zero-order valence-corrected chi connectivity index (χ0v) is 15.0. The van der Waals surface area contributed by atoms with Crippen molar-refractivity contribution < 1.29 is 30.7 Å². The molecule has 0 atom stereocenters. The van der Waals surface area contributed by atoms with Crippen LogP contribution in [0.2, 0.25) is 0 Å². The summed E-state index contributed by atoms with van der Waals surface area (Å²) in [6.07, 6.45) is -8.75. The number of rotatable bonds is 5. The first kappa shape index (κ1) is 21.7. The largest absolute Gasteiger partial charge is 0.416 e. The summed E-state index contributed by atoms with van der Waals surface area (Å²) >= 11 is 0. The van der Waals surface area contributed by atoms with E-state index in [4.69, 9.17) is 0 Å². The van der Waals surface area contributed by atoms with Gasteiger partial charge in [-0.1, -0.05) is 18.2 Å². The molecule has 0 N–H and O–H groups in total. The van der Waals surface area contributed by atoms with Gasteiger partial charge in [0.1, 0.15) is 11.5 Å². The fourth-order valence-electron chi connectivity index (χ4n) is 2.43. The number of hydrogen-bond acceptors (Lipinski definition) is 1. The predicted molar refractivity (Wildman–Crippen MR) is 92.1 cm³/mol. The van der Waals surface area contributed by atoms with Crippen LogP contribution in [0, 0.1) is 5.82 Å². The highest BCUT2D eigenvalue weighted by molar-refractivity contribution is 5.62. The van der Waals surface area contributed by atoms with Crippen molar-refractivity contribution in [2.45, 2.75) is 25.7 Å². The van der Waals surface area contributed by atoms with E-state index in [0.717, 1.165) is 18.2 Å². The molecule has 0 aliphatic heterocycles. The van der Waals surface area contributed by atoms with E-state index in [1.165, 1.54) is 12.4 Å². The van der Waals surface area contributed by atoms with Crippen molar-refractivity contribution in [3.05, 3.63) is 64.5 Å². The molecule has 2 rings (SSSR count). The third kappa shape index (κ3) is 5.46. The van der Waals surface area contributed by atoms with E-state index >= 15 is 0 Å². The van der Waals surface area contributed by atoms with Gasteiger partial charge in [-0.3, -0.25) is 0 Å². The Morgan fingerprint density at radius 2 is 1.68 bits per heavy atom. The summed E-state index contributed by atoms with van der Waals surface area (Å²) < 4.78 is 93.0. The second kappa shape index (κ2) is 8.20. The van der Waals surface area contributed by atoms with Gasteiger partial charge in [-0.25, -0.2) is 9.38 Å². The second-order valence-corrected chi connectivity index (χ2v) is 6.15. The van der Waals surface area contributed by atoms with Crippen LogP contribution in [0.5, 0.6) is 0 Å². The van der Waals surface area contributed by atoms with Crippen molar-refractivity contribution in [2.24, 2.45) is 4.99 Å². The summed E-state index contributed by atoms with van der Waals surface area (Å²) in [5.41, 5.74) is -3.10. The summed E-state index contributed by atoms with van der Waals surface area (Å²) in [6, 6.07) is 5.16. The molecule has 152 valence electrons. The average molecular weight is 406 g/mol. The molecule has 0 aliphatic carbocycles. The van der Waals surface area contributed by atoms with E-state index < -0.39 is 47.0 Å². The maximum atomic E-state index is 14.3. The Labute approximate surface area is 157 Å². The van der Waals surface area contributed by atoms with Crippen molar-refractivity contribution >= 4 is 12.0 Å². The standard InChI is InChI=1S/C19H17F7N2/c1-3-28(2)11-27-17-10-15(19(24,25)26)13(9-16(17)20)7-12-5-4-6-14(8-12)18(21,22)23/h4-6,8-11H,3,7H2,1-2H3/b27-11+. The minimum atomic E-state index is -4.81. The molecule has 0 spiro atoms. The van der Waals surface area contributed by atoms with Gasteiger partial charge in [0, 0.05) is 13.6 Å². The van der Waals surface area contributed by atoms with Crippen LogP contribution in [-0.4, -0.2) is 24.8 Å². The minimum absolute atomic E-state index is 0.0123. The number of hydrogen-bond donors (Lipinski definition) is 0. The van der Waals surface area contributed by atoms with Gasteiger partial charge in [0.25, 0.3) is 0 Å². The van der Waals surface area contributed by atoms with Crippen molar-refractivity contribution in [3.63, 3.8) is 0 Å². The van der Waals surface area contributed by atoms with Crippen LogP contribution in [0.3, 0.4) is 0 Å². The maximum Gasteiger partial charge on any atom is 0.416 e. The van der Waals surface area contributed by atoms with Crippen LogP contribution >= 0.6 is 0 Å². The summed E-state index contributed by atoms with van der Waals surface area (Å²) in [6.45, 7) is 2.30. The fraction of sp³-hybridized carbons (Fsp3) is 0.316. The zero-order chi connectivity index (χ0) is 21.1. The normalized spacial score (nSPS) is 12.6. The molecule has 0 saturated carbocycles. The topological polar surface area (TPSA) is 15.6 Å². The number of benzene rings is 2. The van der Waals surface area contributed by atoms with Crippen molar-refractivity contribution in [1.29, 1.82) is 0 Å². The van der Waals surface area contributed by atoms with Gasteiger partial charge in [-0.05, 0) is 42.7 Å². The zero-order valence-electron chi connectivity index (χ0n) is 15.0. The molecule has 0 saturated heterocycles. The van der Waals surface area contributed by atoms with Crippen LogP contribution < -0.4 is 0 Å². The lowest BCUT2D eigenvalue weighted by Gasteiger charge is -2.16. The smallest absolute Gasteiger partial charge is 0.366 e. The molecule has 28 heavy (non-hydrogen) atoms. The first-order chi connectivity index (χ1) is 12.9. The van der Waals surface area contributed by atoms with Gasteiger partial charge < -0.3 is 4.90 Å². The molecular formula is C19H17F7N2. The van der Waals surface area contributed by atoms with Crippen LogP contribution in [0.4, 0.5) is 36.4 Å². The third-order valence-corrected chi connectivity index (χ3v) is 4.02. The summed E-state index contributed by atoms with van der Waals surface area (Å²) in [5, 5.41) is 0. The van der Waals surface area contributed by atoms with Crippen LogP contribution in [0.1, 0.15) is 29.2 Å². The molecule has 0 bridgehead atoms. The van der Waals surface area contributed by atoms with Crippen molar-refractivity contribution in [2.75, 3.05) is 13.6 Å². The first-order valence-corrected chi connectivity index (χ1v) is 8.22. The molecule has 0 fully saturated rings. The number of halogens is 7. The Kier molecular flexibility index (Phi) is 6.36. The van der Waals surface area contributed by atoms with Crippen LogP contribution in [0.15, 0.2) is 41.4 Å². The molecule has 2 aromatic carbocycles. The van der Waals surface area contributed by atoms with E-state index in [9.17, 15) is 30.7 Å². The lowest BCUT2D eigenvalue weighted by Crippen LogP contribution is -2.14. The third-order valence-electron chi connectivity index (χ3n) is 4.02. The van der Waals surface area contributed by atoms with Gasteiger partial charge in [-0.2, -0.15) is 26.3 Å². The quantitative estimate of drug-likeness (QED) is 0.335. The van der Waals surface area contributed by atoms with Crippen molar-refractivity contribution in [1.82, 2.24) is 4.90 Å². The molecular weight excluding hydrogens is 389 g/mol. The number of nitrogens with zero attached hydrogens (tertiary/aromatic N) is 2. The Bertz CT molecular complexity index is 854. The molecule has 0 unspecified atom stereocenters. The van der Waals surface area contributed by atoms with E-state index in [1.807, 2.05) is 0 Å². The molecule has 2 aromatic rings. The first-order valence-electron chi connectivity index (χ1n) is 8.22. The van der Waals surface area contributed by atoms with Gasteiger partial charge in [0.05, 0.1) is 17.5 Å². The molecule has 0 aromatic heterocycles. The molecule has 0 heterocycles. The SMILES string of the molecule is CCN(C)/C=N/c1cc(C(F)(F)F)c(Cc2cccc(C(F)(F)F)c2)cc1F. The van der Waals surface area contributed by atoms with Gasteiger partial charge in [0.2, 0.25) is 0 Å². The highest BCUT2D eigenvalue weighted by Gasteiger charge is 2.35. The van der Waals surface area contributed by atoms with Crippen molar-refractivity contribution in [3.8, 4) is 0 Å². The van der Waals surface area contributed by atoms with E-state index in [2.05, 4.69) is 4.99 Å². The highest BCUT2D eigenvalue weighted by atomic mass is 19.4. The Hall–Kier alpha value is -2.58. The monoisotopic (exact) mass is 406 g/mol. The Morgan fingerprint density at radius 1 is 1.00 bits per heavy atom. The lowest BCUT2D eigenvalue weighted by molar-refractivity contribution is -0.139. The number of aliphatic imine (C=N–C) groups is 1. The molecule has 0 radical (unpaired) electrons. The Morgan fingerprint density at radius 3 is 2.25 bits per heavy atom. The van der Waals surface area contributed by atoms with Crippen LogP contribution in [-0.2, 0) is 18.8 Å². The van der Waals surface area contributed by atoms with Gasteiger partial charge in [0.15, 0.2) is 0 Å². The number of alkyl halides is 6. The molecule has 2 nitrogen and oxygen atoms in total. The summed E-state index contributed by atoms with van der Waals surface area (Å²) in [7, 11) is 1.62. The van der Waals surface area contributed by atoms with Crippen LogP contribution in [0.25, 0.3) is 0 Å². The van der Waals surface area contributed by atoms with E-state index in [0.29, 0.717) is 18.7 Å². The second-order valence-electron chi connectivity index (χ2n) is 6.15. The van der Waals surface area contributed by atoms with Gasteiger partial charge >= 0.3 is 12.4 Å². The maximum absolute atomic E-state index is 14.3.